The normalized spacial score (nSPS) is 21.9. The number of fused-ring (bicyclic) bond motifs is 2. The highest BCUT2D eigenvalue weighted by Crippen LogP contribution is 2.48. The van der Waals surface area contributed by atoms with Crippen molar-refractivity contribution in [3.63, 3.8) is 0 Å². The summed E-state index contributed by atoms with van der Waals surface area (Å²) in [5.74, 6) is 1.08. The third-order valence-electron chi connectivity index (χ3n) is 13.8. The average Bonchev–Trinajstić information content (AvgIpc) is 3.31. The molecule has 2 N–H and O–H groups in total. The molecule has 0 spiro atoms. The number of hydrogen-bond donors (Lipinski definition) is 2. The van der Waals surface area contributed by atoms with Crippen molar-refractivity contribution < 1.29 is 42.9 Å². The van der Waals surface area contributed by atoms with Crippen LogP contribution in [0, 0.1) is 0 Å². The van der Waals surface area contributed by atoms with Crippen LogP contribution < -0.4 is 20.1 Å². The summed E-state index contributed by atoms with van der Waals surface area (Å²) in [5, 5.41) is 6.28. The maximum Gasteiger partial charge on any atom is 0.408 e. The van der Waals surface area contributed by atoms with Gasteiger partial charge in [0.1, 0.15) is 46.1 Å². The molecule has 0 aromatic heterocycles. The van der Waals surface area contributed by atoms with Gasteiger partial charge in [-0.1, -0.05) is 72.8 Å². The second kappa shape index (κ2) is 21.7. The SMILES string of the molecule is CC(C)(C)OC(=O)NC1c2cc(CC(=O)N3CCN(Cc4ccccc4)CC3)ccc2OC(C)(C)C1OC1C(NC(=O)OC(C)(C)C)c2cc(CC(=O)N3CCN(Cc4ccccc4)CC3)ccc2OC1(C)C. The first-order valence-electron chi connectivity index (χ1n) is 25.8. The summed E-state index contributed by atoms with van der Waals surface area (Å²) in [6, 6.07) is 30.3. The van der Waals surface area contributed by atoms with Gasteiger partial charge in [-0.15, -0.1) is 0 Å². The van der Waals surface area contributed by atoms with Crippen LogP contribution in [0.4, 0.5) is 9.59 Å². The number of nitrogens with zero attached hydrogens (tertiary/aromatic N) is 4. The van der Waals surface area contributed by atoms with Crippen LogP contribution in [-0.2, 0) is 49.7 Å². The molecule has 4 aliphatic heterocycles. The molecule has 392 valence electrons. The first-order chi connectivity index (χ1) is 34.5. The molecule has 2 fully saturated rings. The van der Waals surface area contributed by atoms with Gasteiger partial charge >= 0.3 is 12.2 Å². The first kappa shape index (κ1) is 53.1. The molecular formula is C58H76N6O9. The number of hydrogen-bond acceptors (Lipinski definition) is 11. The van der Waals surface area contributed by atoms with Crippen molar-refractivity contribution >= 4 is 24.0 Å². The Morgan fingerprint density at radius 2 is 0.877 bits per heavy atom. The average molecular weight is 1000 g/mol. The highest BCUT2D eigenvalue weighted by atomic mass is 16.6. The minimum atomic E-state index is -1.09. The highest BCUT2D eigenvalue weighted by Gasteiger charge is 2.53. The Bertz CT molecular complexity index is 2400. The number of alkyl carbamates (subject to hydrolysis) is 2. The topological polar surface area (TPSA) is 151 Å². The van der Waals surface area contributed by atoms with E-state index in [1.165, 1.54) is 11.1 Å². The molecular weight excluding hydrogens is 925 g/mol. The Morgan fingerprint density at radius 3 is 1.22 bits per heavy atom. The maximum atomic E-state index is 13.9. The lowest BCUT2D eigenvalue weighted by Crippen LogP contribution is -2.62. The smallest absolute Gasteiger partial charge is 0.408 e. The molecule has 0 saturated carbocycles. The van der Waals surface area contributed by atoms with Gasteiger partial charge in [0.25, 0.3) is 0 Å². The molecule has 4 amide bonds. The molecule has 15 heteroatoms. The lowest BCUT2D eigenvalue weighted by molar-refractivity contribution is -0.187. The van der Waals surface area contributed by atoms with Crippen LogP contribution in [0.5, 0.6) is 11.5 Å². The molecule has 4 aromatic carbocycles. The zero-order valence-corrected chi connectivity index (χ0v) is 44.5. The monoisotopic (exact) mass is 1000 g/mol. The van der Waals surface area contributed by atoms with Gasteiger partial charge in [0, 0.05) is 76.6 Å². The summed E-state index contributed by atoms with van der Waals surface area (Å²) in [7, 11) is 0. The molecule has 15 nitrogen and oxygen atoms in total. The quantitative estimate of drug-likeness (QED) is 0.141. The van der Waals surface area contributed by atoms with Gasteiger partial charge in [0.15, 0.2) is 0 Å². The summed E-state index contributed by atoms with van der Waals surface area (Å²) >= 11 is 0. The van der Waals surface area contributed by atoms with Gasteiger partial charge in [-0.2, -0.15) is 0 Å². The molecule has 0 radical (unpaired) electrons. The molecule has 4 heterocycles. The lowest BCUT2D eigenvalue weighted by Gasteiger charge is -2.51. The summed E-state index contributed by atoms with van der Waals surface area (Å²) in [6.07, 6.45) is -2.86. The van der Waals surface area contributed by atoms with Gasteiger partial charge in [0.2, 0.25) is 11.8 Å². The van der Waals surface area contributed by atoms with E-state index in [4.69, 9.17) is 23.7 Å². The second-order valence-corrected chi connectivity index (χ2v) is 23.0. The fourth-order valence-electron chi connectivity index (χ4n) is 10.3. The molecule has 4 atom stereocenters. The number of piperazine rings is 2. The largest absolute Gasteiger partial charge is 0.485 e. The van der Waals surface area contributed by atoms with Crippen LogP contribution in [0.3, 0.4) is 0 Å². The van der Waals surface area contributed by atoms with E-state index >= 15 is 0 Å². The van der Waals surface area contributed by atoms with E-state index in [9.17, 15) is 19.2 Å². The van der Waals surface area contributed by atoms with Gasteiger partial charge in [-0.25, -0.2) is 9.59 Å². The van der Waals surface area contributed by atoms with E-state index < -0.39 is 58.9 Å². The van der Waals surface area contributed by atoms with Crippen molar-refractivity contribution in [2.45, 2.75) is 142 Å². The predicted molar refractivity (Wildman–Crippen MR) is 279 cm³/mol. The molecule has 8 rings (SSSR count). The van der Waals surface area contributed by atoms with Gasteiger partial charge in [-0.3, -0.25) is 19.4 Å². The molecule has 4 aliphatic rings. The highest BCUT2D eigenvalue weighted by molar-refractivity contribution is 5.80. The van der Waals surface area contributed by atoms with Crippen LogP contribution in [0.1, 0.15) is 115 Å². The number of carbonyl (C=O) groups is 4. The maximum absolute atomic E-state index is 13.9. The minimum absolute atomic E-state index is 0.0131. The second-order valence-electron chi connectivity index (χ2n) is 23.0. The van der Waals surface area contributed by atoms with E-state index in [0.717, 1.165) is 50.4 Å². The Kier molecular flexibility index (Phi) is 15.8. The van der Waals surface area contributed by atoms with Gasteiger partial charge < -0.3 is 44.1 Å². The number of benzene rings is 4. The van der Waals surface area contributed by atoms with Crippen LogP contribution in [0.25, 0.3) is 0 Å². The molecule has 4 unspecified atom stereocenters. The number of carbonyl (C=O) groups excluding carboxylic acids is 4. The molecule has 0 bridgehead atoms. The van der Waals surface area contributed by atoms with E-state index in [1.54, 1.807) is 41.5 Å². The fourth-order valence-corrected chi connectivity index (χ4v) is 10.3. The van der Waals surface area contributed by atoms with Crippen LogP contribution in [-0.4, -0.2) is 131 Å². The third kappa shape index (κ3) is 13.7. The predicted octanol–water partition coefficient (Wildman–Crippen LogP) is 8.39. The van der Waals surface area contributed by atoms with Crippen molar-refractivity contribution in [1.29, 1.82) is 0 Å². The number of amides is 4. The third-order valence-corrected chi connectivity index (χ3v) is 13.8. The van der Waals surface area contributed by atoms with Crippen molar-refractivity contribution in [2.24, 2.45) is 0 Å². The summed E-state index contributed by atoms with van der Waals surface area (Å²) in [4.78, 5) is 64.3. The Balaban J connectivity index is 1.05. The van der Waals surface area contributed by atoms with E-state index in [-0.39, 0.29) is 24.7 Å². The zero-order valence-electron chi connectivity index (χ0n) is 44.5. The van der Waals surface area contributed by atoms with E-state index in [2.05, 4.69) is 44.7 Å². The lowest BCUT2D eigenvalue weighted by atomic mass is 9.82. The first-order valence-corrected chi connectivity index (χ1v) is 25.8. The van der Waals surface area contributed by atoms with E-state index in [0.29, 0.717) is 48.8 Å². The Hall–Kier alpha value is -6.16. The van der Waals surface area contributed by atoms with Crippen LogP contribution in [0.15, 0.2) is 97.1 Å². The molecule has 4 aromatic rings. The molecule has 73 heavy (non-hydrogen) atoms. The van der Waals surface area contributed by atoms with E-state index in [1.807, 2.05) is 110 Å². The standard InChI is InChI=1S/C58H76N6O9/c1-55(2,3)72-53(67)59-49-43-33-41(35-47(65)63-29-25-61(26-30-63)37-39-17-13-11-14-18-39)21-23-45(43)70-57(7,8)51(49)69-52-50(60-54(68)73-56(4,5)6)44-34-42(22-24-46(44)71-58(52,9)10)36-48(66)64-31-27-62(28-32-64)38-40-19-15-12-16-20-40/h11-24,33-34,49-52H,25-32,35-38H2,1-10H3,(H,59,67)(H,60,68). The number of rotatable bonds is 12. The molecule has 2 saturated heterocycles. The number of nitrogens with one attached hydrogen (secondary N) is 2. The minimum Gasteiger partial charge on any atom is -0.485 e. The Labute approximate surface area is 431 Å². The van der Waals surface area contributed by atoms with Crippen molar-refractivity contribution in [3.05, 3.63) is 130 Å². The molecule has 0 aliphatic carbocycles. The van der Waals surface area contributed by atoms with Gasteiger partial charge in [0.05, 0.1) is 24.9 Å². The van der Waals surface area contributed by atoms with Crippen LogP contribution in [0.2, 0.25) is 0 Å². The van der Waals surface area contributed by atoms with Crippen molar-refractivity contribution in [1.82, 2.24) is 30.2 Å². The van der Waals surface area contributed by atoms with Crippen molar-refractivity contribution in [2.75, 3.05) is 52.4 Å². The summed E-state index contributed by atoms with van der Waals surface area (Å²) < 4.78 is 32.6. The van der Waals surface area contributed by atoms with Crippen molar-refractivity contribution in [3.8, 4) is 11.5 Å². The zero-order chi connectivity index (χ0) is 52.3. The summed E-state index contributed by atoms with van der Waals surface area (Å²) in [5.41, 5.74) is 1.42. The fraction of sp³-hybridized carbons (Fsp3) is 0.517. The Morgan fingerprint density at radius 1 is 0.521 bits per heavy atom. The summed E-state index contributed by atoms with van der Waals surface area (Å²) in [6.45, 7) is 25.6. The number of ether oxygens (including phenoxy) is 5. The van der Waals surface area contributed by atoms with Gasteiger partial charge in [-0.05, 0) is 116 Å². The van der Waals surface area contributed by atoms with Crippen LogP contribution >= 0.6 is 0 Å².